The average Bonchev–Trinajstić information content (AvgIpc) is 2.78. The van der Waals surface area contributed by atoms with E-state index in [1.165, 1.54) is 17.0 Å². The van der Waals surface area contributed by atoms with Gasteiger partial charge in [0.15, 0.2) is 0 Å². The Labute approximate surface area is 176 Å². The number of para-hydroxylation sites is 1. The van der Waals surface area contributed by atoms with E-state index in [9.17, 15) is 18.0 Å². The maximum Gasteiger partial charge on any atom is 0.416 e. The quantitative estimate of drug-likeness (QED) is 0.432. The summed E-state index contributed by atoms with van der Waals surface area (Å²) in [6, 6.07) is 21.1. The third-order valence-corrected chi connectivity index (χ3v) is 5.32. The van der Waals surface area contributed by atoms with E-state index < -0.39 is 17.9 Å². The van der Waals surface area contributed by atoms with Gasteiger partial charge in [-0.3, -0.25) is 14.7 Å². The number of alkyl halides is 3. The molecule has 3 aromatic carbocycles. The molecule has 1 N–H and O–H groups in total. The van der Waals surface area contributed by atoms with E-state index in [0.29, 0.717) is 16.8 Å². The van der Waals surface area contributed by atoms with E-state index in [4.69, 9.17) is 0 Å². The number of pyridine rings is 1. The van der Waals surface area contributed by atoms with Crippen LogP contribution in [0.2, 0.25) is 0 Å². The van der Waals surface area contributed by atoms with Crippen LogP contribution in [0.25, 0.3) is 10.9 Å². The van der Waals surface area contributed by atoms with E-state index in [-0.39, 0.29) is 11.6 Å². The minimum absolute atomic E-state index is 0.160. The largest absolute Gasteiger partial charge is 0.416 e. The molecule has 1 aliphatic rings. The second-order valence-electron chi connectivity index (χ2n) is 7.27. The summed E-state index contributed by atoms with van der Waals surface area (Å²) in [6.45, 7) is 0. The number of anilines is 2. The molecule has 0 saturated carbocycles. The Balaban J connectivity index is 1.68. The Hall–Kier alpha value is -3.87. The number of fused-ring (bicyclic) bond motifs is 2. The van der Waals surface area contributed by atoms with Gasteiger partial charge in [0.25, 0.3) is 5.91 Å². The summed E-state index contributed by atoms with van der Waals surface area (Å²) < 4.78 is 40.0. The zero-order chi connectivity index (χ0) is 21.6. The number of hydrogen-bond donors (Lipinski definition) is 1. The monoisotopic (exact) mass is 419 g/mol. The molecular weight excluding hydrogens is 403 g/mol. The first-order chi connectivity index (χ1) is 14.9. The molecule has 1 aromatic heterocycles. The minimum atomic E-state index is -4.51. The second-order valence-corrected chi connectivity index (χ2v) is 7.27. The van der Waals surface area contributed by atoms with Gasteiger partial charge in [-0.1, -0.05) is 36.4 Å². The number of carbonyl (C=O) groups excluding carboxylic acids is 1. The summed E-state index contributed by atoms with van der Waals surface area (Å²) in [5.74, 6) is -0.375. The Bertz CT molecular complexity index is 1300. The predicted molar refractivity (Wildman–Crippen MR) is 113 cm³/mol. The standard InChI is InChI=1S/C24H16F3N3O/c25-24(26,27)17-6-3-7-18(14-17)30-22(29-20-9-2-1-8-19(20)23(30)31)16-11-10-15-5-4-12-28-21(15)13-16/h1-14,22,29H/t22-/m0/s1. The lowest BCUT2D eigenvalue weighted by molar-refractivity contribution is -0.137. The van der Waals surface area contributed by atoms with Crippen LogP contribution in [-0.4, -0.2) is 10.9 Å². The highest BCUT2D eigenvalue weighted by Crippen LogP contribution is 2.39. The van der Waals surface area contributed by atoms with Crippen LogP contribution in [0.4, 0.5) is 24.5 Å². The van der Waals surface area contributed by atoms with Crippen molar-refractivity contribution in [3.8, 4) is 0 Å². The zero-order valence-electron chi connectivity index (χ0n) is 16.1. The van der Waals surface area contributed by atoms with Crippen LogP contribution in [0.3, 0.4) is 0 Å². The van der Waals surface area contributed by atoms with Gasteiger partial charge < -0.3 is 5.32 Å². The van der Waals surface area contributed by atoms with Gasteiger partial charge in [0.1, 0.15) is 6.17 Å². The van der Waals surface area contributed by atoms with Crippen LogP contribution >= 0.6 is 0 Å². The number of carbonyl (C=O) groups is 1. The summed E-state index contributed by atoms with van der Waals surface area (Å²) in [7, 11) is 0. The van der Waals surface area contributed by atoms with Crippen molar-refractivity contribution < 1.29 is 18.0 Å². The molecule has 1 amide bonds. The smallest absolute Gasteiger partial charge is 0.360 e. The fraction of sp³-hybridized carbons (Fsp3) is 0.0833. The lowest BCUT2D eigenvalue weighted by Crippen LogP contribution is -2.43. The second kappa shape index (κ2) is 7.12. The molecule has 1 atom stereocenters. The number of benzene rings is 3. The molecule has 4 nitrogen and oxygen atoms in total. The van der Waals surface area contributed by atoms with Crippen LogP contribution in [-0.2, 0) is 6.18 Å². The van der Waals surface area contributed by atoms with Crippen molar-refractivity contribution >= 4 is 28.2 Å². The summed E-state index contributed by atoms with van der Waals surface area (Å²) >= 11 is 0. The molecule has 0 spiro atoms. The van der Waals surface area contributed by atoms with E-state index in [1.54, 1.807) is 30.5 Å². The summed E-state index contributed by atoms with van der Waals surface area (Å²) in [5, 5.41) is 4.24. The third-order valence-electron chi connectivity index (χ3n) is 5.32. The third kappa shape index (κ3) is 3.38. The first-order valence-electron chi connectivity index (χ1n) is 9.63. The van der Waals surface area contributed by atoms with Crippen molar-refractivity contribution in [3.05, 3.63) is 102 Å². The number of rotatable bonds is 2. The van der Waals surface area contributed by atoms with E-state index >= 15 is 0 Å². The van der Waals surface area contributed by atoms with Crippen molar-refractivity contribution in [1.82, 2.24) is 4.98 Å². The highest BCUT2D eigenvalue weighted by molar-refractivity contribution is 6.12. The molecule has 0 fully saturated rings. The van der Waals surface area contributed by atoms with Crippen molar-refractivity contribution in [3.63, 3.8) is 0 Å². The van der Waals surface area contributed by atoms with Gasteiger partial charge in [-0.05, 0) is 48.0 Å². The van der Waals surface area contributed by atoms with Crippen LogP contribution in [0.5, 0.6) is 0 Å². The Morgan fingerprint density at radius 2 is 1.74 bits per heavy atom. The van der Waals surface area contributed by atoms with Crippen LogP contribution in [0, 0.1) is 0 Å². The van der Waals surface area contributed by atoms with Crippen LogP contribution in [0.15, 0.2) is 85.1 Å². The van der Waals surface area contributed by atoms with Gasteiger partial charge in [-0.2, -0.15) is 13.2 Å². The fourth-order valence-electron chi connectivity index (χ4n) is 3.84. The molecule has 154 valence electrons. The normalized spacial score (nSPS) is 16.2. The number of nitrogens with zero attached hydrogens (tertiary/aromatic N) is 2. The Morgan fingerprint density at radius 1 is 0.903 bits per heavy atom. The number of halogens is 3. The molecule has 0 unspecified atom stereocenters. The van der Waals surface area contributed by atoms with E-state index in [0.717, 1.165) is 23.0 Å². The predicted octanol–water partition coefficient (Wildman–Crippen LogP) is 6.02. The van der Waals surface area contributed by atoms with Gasteiger partial charge in [0.05, 0.1) is 16.6 Å². The molecule has 1 aliphatic heterocycles. The molecule has 4 aromatic rings. The number of hydrogen-bond acceptors (Lipinski definition) is 3. The van der Waals surface area contributed by atoms with Gasteiger partial charge in [0, 0.05) is 23.0 Å². The molecular formula is C24H16F3N3O. The van der Waals surface area contributed by atoms with Crippen molar-refractivity contribution in [2.75, 3.05) is 10.2 Å². The molecule has 0 radical (unpaired) electrons. The number of nitrogens with one attached hydrogen (secondary N) is 1. The SMILES string of the molecule is O=C1c2ccccc2N[C@H](c2ccc3cccnc3c2)N1c1cccc(C(F)(F)F)c1. The van der Waals surface area contributed by atoms with Gasteiger partial charge >= 0.3 is 6.18 Å². The highest BCUT2D eigenvalue weighted by atomic mass is 19.4. The lowest BCUT2D eigenvalue weighted by Gasteiger charge is -2.38. The first kappa shape index (κ1) is 19.1. The zero-order valence-corrected chi connectivity index (χ0v) is 16.1. The van der Waals surface area contributed by atoms with Gasteiger partial charge in [-0.25, -0.2) is 0 Å². The maximum absolute atomic E-state index is 13.4. The van der Waals surface area contributed by atoms with Gasteiger partial charge in [0.2, 0.25) is 0 Å². The molecule has 0 bridgehead atoms. The molecule has 0 saturated heterocycles. The number of aromatic nitrogens is 1. The molecule has 31 heavy (non-hydrogen) atoms. The summed E-state index contributed by atoms with van der Waals surface area (Å²) in [6.07, 6.45) is -3.54. The summed E-state index contributed by atoms with van der Waals surface area (Å²) in [4.78, 5) is 19.1. The van der Waals surface area contributed by atoms with E-state index in [1.807, 2.05) is 30.3 Å². The van der Waals surface area contributed by atoms with Gasteiger partial charge in [-0.15, -0.1) is 0 Å². The van der Waals surface area contributed by atoms with Crippen LogP contribution < -0.4 is 10.2 Å². The Kier molecular flexibility index (Phi) is 4.39. The minimum Gasteiger partial charge on any atom is -0.360 e. The molecule has 2 heterocycles. The first-order valence-corrected chi connectivity index (χ1v) is 9.63. The van der Waals surface area contributed by atoms with Crippen molar-refractivity contribution in [1.29, 1.82) is 0 Å². The molecule has 5 rings (SSSR count). The highest BCUT2D eigenvalue weighted by Gasteiger charge is 2.36. The van der Waals surface area contributed by atoms with Crippen LogP contribution in [0.1, 0.15) is 27.7 Å². The Morgan fingerprint density at radius 3 is 2.58 bits per heavy atom. The maximum atomic E-state index is 13.4. The van der Waals surface area contributed by atoms with E-state index in [2.05, 4.69) is 10.3 Å². The van der Waals surface area contributed by atoms with Crippen molar-refractivity contribution in [2.45, 2.75) is 12.3 Å². The lowest BCUT2D eigenvalue weighted by atomic mass is 10.0. The summed E-state index contributed by atoms with van der Waals surface area (Å²) in [5.41, 5.74) is 1.82. The fourth-order valence-corrected chi connectivity index (χ4v) is 3.84. The number of amides is 1. The molecule has 7 heteroatoms. The topological polar surface area (TPSA) is 45.2 Å². The average molecular weight is 419 g/mol. The van der Waals surface area contributed by atoms with Crippen molar-refractivity contribution in [2.24, 2.45) is 0 Å². The molecule has 0 aliphatic carbocycles.